The number of aromatic nitrogens is 3. The molecule has 21 heavy (non-hydrogen) atoms. The zero-order valence-electron chi connectivity index (χ0n) is 11.4. The summed E-state index contributed by atoms with van der Waals surface area (Å²) in [6.07, 6.45) is -0.969. The van der Waals surface area contributed by atoms with Gasteiger partial charge in [-0.3, -0.25) is 4.79 Å². The van der Waals surface area contributed by atoms with Crippen molar-refractivity contribution < 1.29 is 19.4 Å². The van der Waals surface area contributed by atoms with E-state index in [-0.39, 0.29) is 19.1 Å². The molecule has 1 amide bonds. The van der Waals surface area contributed by atoms with Crippen molar-refractivity contribution in [1.29, 1.82) is 0 Å². The number of carboxylic acids is 1. The average Bonchev–Trinajstić information content (AvgIpc) is 2.87. The van der Waals surface area contributed by atoms with Crippen molar-refractivity contribution in [3.05, 3.63) is 23.8 Å². The van der Waals surface area contributed by atoms with E-state index in [2.05, 4.69) is 10.3 Å². The number of aliphatic carboxylic acids is 1. The number of amides is 1. The number of carbonyl (C=O) groups excluding carboxylic acids is 1. The van der Waals surface area contributed by atoms with Crippen molar-refractivity contribution in [2.24, 2.45) is 7.05 Å². The summed E-state index contributed by atoms with van der Waals surface area (Å²) in [5.41, 5.74) is 1.93. The van der Waals surface area contributed by atoms with Crippen molar-refractivity contribution >= 4 is 22.9 Å². The Morgan fingerprint density at radius 2 is 2.24 bits per heavy atom. The maximum Gasteiger partial charge on any atom is 0.334 e. The van der Waals surface area contributed by atoms with Gasteiger partial charge in [-0.05, 0) is 18.2 Å². The number of fused-ring (bicyclic) bond motifs is 1. The lowest BCUT2D eigenvalue weighted by molar-refractivity contribution is -0.154. The number of carboxylic acid groups (broad SMARTS) is 1. The van der Waals surface area contributed by atoms with E-state index in [9.17, 15) is 9.59 Å². The van der Waals surface area contributed by atoms with E-state index in [0.717, 1.165) is 5.52 Å². The Morgan fingerprint density at radius 3 is 3.00 bits per heavy atom. The third-order valence-electron chi connectivity index (χ3n) is 3.49. The van der Waals surface area contributed by atoms with Gasteiger partial charge in [0.25, 0.3) is 5.91 Å². The molecule has 1 fully saturated rings. The van der Waals surface area contributed by atoms with Gasteiger partial charge >= 0.3 is 5.97 Å². The van der Waals surface area contributed by atoms with E-state index in [1.54, 1.807) is 29.9 Å². The Kier molecular flexibility index (Phi) is 3.30. The highest BCUT2D eigenvalue weighted by Gasteiger charge is 2.29. The quantitative estimate of drug-likeness (QED) is 0.829. The molecule has 1 aliphatic rings. The number of rotatable bonds is 2. The van der Waals surface area contributed by atoms with Crippen molar-refractivity contribution in [2.75, 3.05) is 19.7 Å². The molecule has 3 rings (SSSR count). The molecule has 8 nitrogen and oxygen atoms in total. The van der Waals surface area contributed by atoms with Gasteiger partial charge in [-0.15, -0.1) is 5.10 Å². The predicted octanol–water partition coefficient (Wildman–Crippen LogP) is -0.106. The molecular weight excluding hydrogens is 276 g/mol. The van der Waals surface area contributed by atoms with Gasteiger partial charge in [0.1, 0.15) is 5.52 Å². The van der Waals surface area contributed by atoms with Crippen LogP contribution in [0, 0.1) is 0 Å². The summed E-state index contributed by atoms with van der Waals surface area (Å²) in [6.45, 7) is 0.643. The monoisotopic (exact) mass is 290 g/mol. The Bertz CT molecular complexity index is 711. The first-order valence-electron chi connectivity index (χ1n) is 6.49. The average molecular weight is 290 g/mol. The van der Waals surface area contributed by atoms with E-state index >= 15 is 0 Å². The Morgan fingerprint density at radius 1 is 1.43 bits per heavy atom. The molecule has 0 aliphatic carbocycles. The molecule has 1 saturated heterocycles. The van der Waals surface area contributed by atoms with Gasteiger partial charge in [-0.2, -0.15) is 0 Å². The molecule has 0 radical (unpaired) electrons. The Balaban J connectivity index is 1.84. The highest BCUT2D eigenvalue weighted by atomic mass is 16.5. The molecule has 1 aromatic carbocycles. The van der Waals surface area contributed by atoms with Gasteiger partial charge < -0.3 is 14.7 Å². The van der Waals surface area contributed by atoms with E-state index < -0.39 is 12.1 Å². The first-order chi connectivity index (χ1) is 10.1. The van der Waals surface area contributed by atoms with Gasteiger partial charge in [0, 0.05) is 19.2 Å². The number of ether oxygens (including phenoxy) is 1. The molecule has 0 bridgehead atoms. The first kappa shape index (κ1) is 13.5. The number of hydrogen-bond acceptors (Lipinski definition) is 5. The summed E-state index contributed by atoms with van der Waals surface area (Å²) in [6, 6.07) is 5.13. The fraction of sp³-hybridized carbons (Fsp3) is 0.385. The predicted molar refractivity (Wildman–Crippen MR) is 71.8 cm³/mol. The van der Waals surface area contributed by atoms with E-state index in [0.29, 0.717) is 17.6 Å². The second kappa shape index (κ2) is 5.13. The third kappa shape index (κ3) is 2.45. The van der Waals surface area contributed by atoms with Gasteiger partial charge in [0.15, 0.2) is 6.10 Å². The molecular formula is C13H14N4O4. The summed E-state index contributed by atoms with van der Waals surface area (Å²) >= 11 is 0. The number of nitrogens with zero attached hydrogens (tertiary/aromatic N) is 4. The molecule has 8 heteroatoms. The van der Waals surface area contributed by atoms with Gasteiger partial charge in [-0.1, -0.05) is 5.21 Å². The minimum Gasteiger partial charge on any atom is -0.479 e. The molecule has 0 saturated carbocycles. The van der Waals surface area contributed by atoms with Crippen molar-refractivity contribution in [3.8, 4) is 0 Å². The van der Waals surface area contributed by atoms with Crippen LogP contribution >= 0.6 is 0 Å². The van der Waals surface area contributed by atoms with Crippen molar-refractivity contribution in [1.82, 2.24) is 19.9 Å². The first-order valence-corrected chi connectivity index (χ1v) is 6.49. The normalized spacial score (nSPS) is 18.9. The van der Waals surface area contributed by atoms with Crippen LogP contribution in [0.4, 0.5) is 0 Å². The van der Waals surface area contributed by atoms with Gasteiger partial charge in [0.2, 0.25) is 0 Å². The van der Waals surface area contributed by atoms with Crippen LogP contribution in [0.25, 0.3) is 11.0 Å². The molecule has 1 atom stereocenters. The zero-order chi connectivity index (χ0) is 15.0. The summed E-state index contributed by atoms with van der Waals surface area (Å²) in [5, 5.41) is 16.8. The van der Waals surface area contributed by atoms with Crippen molar-refractivity contribution in [3.63, 3.8) is 0 Å². The minimum absolute atomic E-state index is 0.0483. The summed E-state index contributed by atoms with van der Waals surface area (Å²) < 4.78 is 6.73. The van der Waals surface area contributed by atoms with Crippen LogP contribution in [0.2, 0.25) is 0 Å². The molecule has 1 aliphatic heterocycles. The lowest BCUT2D eigenvalue weighted by atomic mass is 10.1. The number of morpholine rings is 1. The van der Waals surface area contributed by atoms with Crippen LogP contribution in [0.3, 0.4) is 0 Å². The van der Waals surface area contributed by atoms with E-state index in [4.69, 9.17) is 9.84 Å². The number of carbonyl (C=O) groups is 2. The van der Waals surface area contributed by atoms with Crippen LogP contribution < -0.4 is 0 Å². The molecule has 110 valence electrons. The Labute approximate surface area is 119 Å². The minimum atomic E-state index is -1.06. The Hall–Kier alpha value is -2.48. The molecule has 0 spiro atoms. The second-order valence-electron chi connectivity index (χ2n) is 4.87. The van der Waals surface area contributed by atoms with Gasteiger partial charge in [0.05, 0.1) is 18.7 Å². The summed E-state index contributed by atoms with van der Waals surface area (Å²) in [7, 11) is 1.77. The zero-order valence-corrected chi connectivity index (χ0v) is 11.4. The number of benzene rings is 1. The highest BCUT2D eigenvalue weighted by Crippen LogP contribution is 2.16. The van der Waals surface area contributed by atoms with Crippen LogP contribution in [0.15, 0.2) is 18.2 Å². The fourth-order valence-electron chi connectivity index (χ4n) is 2.34. The molecule has 2 heterocycles. The second-order valence-corrected chi connectivity index (χ2v) is 4.87. The topological polar surface area (TPSA) is 97.5 Å². The molecule has 0 unspecified atom stereocenters. The fourth-order valence-corrected chi connectivity index (χ4v) is 2.34. The standard InChI is InChI=1S/C13H14N4O4/c1-16-10-3-2-8(6-9(10)14-15-16)12(18)17-4-5-21-11(7-17)13(19)20/h2-3,6,11H,4-5,7H2,1H3,(H,19,20)/t11-/m0/s1. The summed E-state index contributed by atoms with van der Waals surface area (Å²) in [5.74, 6) is -1.28. The number of hydrogen-bond donors (Lipinski definition) is 1. The largest absolute Gasteiger partial charge is 0.479 e. The summed E-state index contributed by atoms with van der Waals surface area (Å²) in [4.78, 5) is 24.9. The SMILES string of the molecule is Cn1nnc2cc(C(=O)N3CCO[C@H](C(=O)O)C3)ccc21. The lowest BCUT2D eigenvalue weighted by Gasteiger charge is -2.30. The smallest absolute Gasteiger partial charge is 0.334 e. The van der Waals surface area contributed by atoms with Crippen LogP contribution in [0.1, 0.15) is 10.4 Å². The lowest BCUT2D eigenvalue weighted by Crippen LogP contribution is -2.48. The third-order valence-corrected chi connectivity index (χ3v) is 3.49. The van der Waals surface area contributed by atoms with E-state index in [1.165, 1.54) is 4.90 Å². The molecule has 1 N–H and O–H groups in total. The van der Waals surface area contributed by atoms with E-state index in [1.807, 2.05) is 0 Å². The maximum absolute atomic E-state index is 12.4. The van der Waals surface area contributed by atoms with Crippen LogP contribution in [-0.2, 0) is 16.6 Å². The van der Waals surface area contributed by atoms with Crippen molar-refractivity contribution in [2.45, 2.75) is 6.10 Å². The molecule has 2 aromatic rings. The molecule has 1 aromatic heterocycles. The maximum atomic E-state index is 12.4. The van der Waals surface area contributed by atoms with Crippen LogP contribution in [-0.4, -0.2) is 62.7 Å². The highest BCUT2D eigenvalue weighted by molar-refractivity contribution is 5.97. The van der Waals surface area contributed by atoms with Crippen LogP contribution in [0.5, 0.6) is 0 Å². The number of aryl methyl sites for hydroxylation is 1. The van der Waals surface area contributed by atoms with Gasteiger partial charge in [-0.25, -0.2) is 9.48 Å².